The van der Waals surface area contributed by atoms with E-state index in [9.17, 15) is 8.42 Å². The van der Waals surface area contributed by atoms with Crippen LogP contribution in [-0.4, -0.2) is 26.8 Å². The fraction of sp³-hybridized carbons (Fsp3) is 0.235. The molecular formula is C17H23NO3S. The van der Waals surface area contributed by atoms with Crippen molar-refractivity contribution in [3.05, 3.63) is 60.2 Å². The van der Waals surface area contributed by atoms with E-state index < -0.39 is 9.84 Å². The second kappa shape index (κ2) is 10.6. The minimum atomic E-state index is -2.66. The van der Waals surface area contributed by atoms with Crippen molar-refractivity contribution in [2.24, 2.45) is 5.73 Å². The highest BCUT2D eigenvalue weighted by atomic mass is 32.2. The minimum Gasteiger partial charge on any atom is -0.372 e. The Morgan fingerprint density at radius 3 is 1.82 bits per heavy atom. The molecule has 4 nitrogen and oxygen atoms in total. The van der Waals surface area contributed by atoms with Crippen LogP contribution in [0, 0.1) is 6.92 Å². The van der Waals surface area contributed by atoms with Gasteiger partial charge in [0.15, 0.2) is 0 Å². The predicted molar refractivity (Wildman–Crippen MR) is 92.3 cm³/mol. The normalized spacial score (nSPS) is 9.59. The third-order valence-electron chi connectivity index (χ3n) is 2.75. The Labute approximate surface area is 132 Å². The molecule has 0 fully saturated rings. The number of primary amides is 1. The average Bonchev–Trinajstić information content (AvgIpc) is 2.49. The molecule has 5 heteroatoms. The number of nitrogens with two attached hydrogens (primary N) is 1. The van der Waals surface area contributed by atoms with Crippen LogP contribution < -0.4 is 5.73 Å². The molecule has 1 amide bonds. The van der Waals surface area contributed by atoms with Gasteiger partial charge >= 0.3 is 0 Å². The summed E-state index contributed by atoms with van der Waals surface area (Å²) < 4.78 is 20.0. The molecule has 120 valence electrons. The third kappa shape index (κ3) is 8.92. The van der Waals surface area contributed by atoms with Crippen LogP contribution in [0.15, 0.2) is 54.6 Å². The number of amides is 1. The van der Waals surface area contributed by atoms with Crippen molar-refractivity contribution >= 4 is 16.2 Å². The van der Waals surface area contributed by atoms with Gasteiger partial charge in [0.1, 0.15) is 9.84 Å². The molecule has 0 aliphatic carbocycles. The Morgan fingerprint density at radius 2 is 1.41 bits per heavy atom. The van der Waals surface area contributed by atoms with Gasteiger partial charge < -0.3 is 5.73 Å². The Bertz CT molecular complexity index is 653. The monoisotopic (exact) mass is 321 g/mol. The summed E-state index contributed by atoms with van der Waals surface area (Å²) in [6.07, 6.45) is 1.47. The molecule has 0 unspecified atom stereocenters. The number of hydrogen-bond donors (Lipinski definition) is 1. The summed E-state index contributed by atoms with van der Waals surface area (Å²) >= 11 is 0. The van der Waals surface area contributed by atoms with E-state index in [4.69, 9.17) is 4.79 Å². The molecule has 0 saturated heterocycles. The van der Waals surface area contributed by atoms with E-state index in [-0.39, 0.29) is 12.2 Å². The van der Waals surface area contributed by atoms with Crippen LogP contribution in [0.5, 0.6) is 0 Å². The van der Waals surface area contributed by atoms with Crippen LogP contribution in [0.2, 0.25) is 0 Å². The summed E-state index contributed by atoms with van der Waals surface area (Å²) in [5.41, 5.74) is 8.11. The molecule has 0 saturated carbocycles. The van der Waals surface area contributed by atoms with Crippen molar-refractivity contribution in [1.29, 1.82) is 0 Å². The summed E-state index contributed by atoms with van der Waals surface area (Å²) in [7, 11) is -2.66. The molecule has 0 heterocycles. The van der Waals surface area contributed by atoms with Crippen molar-refractivity contribution in [3.63, 3.8) is 0 Å². The molecule has 0 atom stereocenters. The number of carbonyl (C=O) groups excluding carboxylic acids is 1. The largest absolute Gasteiger partial charge is 0.372 e. The molecule has 0 spiro atoms. The van der Waals surface area contributed by atoms with Gasteiger partial charge in [-0.05, 0) is 23.6 Å². The highest BCUT2D eigenvalue weighted by Crippen LogP contribution is 2.21. The minimum absolute atomic E-state index is 0.243. The van der Waals surface area contributed by atoms with E-state index >= 15 is 0 Å². The Balaban J connectivity index is 0.000000414. The Morgan fingerprint density at radius 1 is 1.00 bits per heavy atom. The van der Waals surface area contributed by atoms with Gasteiger partial charge in [-0.1, -0.05) is 61.5 Å². The van der Waals surface area contributed by atoms with Crippen molar-refractivity contribution < 1.29 is 13.2 Å². The first-order chi connectivity index (χ1) is 10.4. The lowest BCUT2D eigenvalue weighted by atomic mass is 10.0. The lowest BCUT2D eigenvalue weighted by Gasteiger charge is -2.04. The van der Waals surface area contributed by atoms with Crippen LogP contribution in [0.4, 0.5) is 0 Å². The Kier molecular flexibility index (Phi) is 9.54. The van der Waals surface area contributed by atoms with Crippen molar-refractivity contribution in [2.75, 3.05) is 12.0 Å². The number of benzene rings is 2. The molecular weight excluding hydrogens is 298 g/mol. The molecule has 0 aliphatic heterocycles. The van der Waals surface area contributed by atoms with Crippen LogP contribution in [0.3, 0.4) is 0 Å². The number of hydrogen-bond acceptors (Lipinski definition) is 3. The fourth-order valence-corrected chi connectivity index (χ4v) is 1.51. The number of rotatable bonds is 2. The molecule has 2 aromatic rings. The van der Waals surface area contributed by atoms with Crippen molar-refractivity contribution in [1.82, 2.24) is 0 Å². The standard InChI is InChI=1S/C13H12.C3H8O2S.CH3NO/c1-11-7-5-6-10-13(11)12-8-3-2-4-9-12;1-3-6(2,4)5;2-1-3/h2-10H,1H3;3H2,1-2H3;1H,(H2,2,3). The maximum absolute atomic E-state index is 10.0. The van der Waals surface area contributed by atoms with E-state index in [1.165, 1.54) is 22.9 Å². The van der Waals surface area contributed by atoms with E-state index in [2.05, 4.69) is 61.2 Å². The van der Waals surface area contributed by atoms with Gasteiger partial charge in [-0.2, -0.15) is 0 Å². The third-order valence-corrected chi connectivity index (χ3v) is 3.80. The van der Waals surface area contributed by atoms with Crippen molar-refractivity contribution in [3.8, 4) is 11.1 Å². The molecule has 0 radical (unpaired) electrons. The van der Waals surface area contributed by atoms with E-state index in [1.54, 1.807) is 6.92 Å². The smallest absolute Gasteiger partial charge is 0.204 e. The van der Waals surface area contributed by atoms with Gasteiger partial charge in [-0.3, -0.25) is 4.79 Å². The van der Waals surface area contributed by atoms with Gasteiger partial charge in [0.2, 0.25) is 6.41 Å². The molecule has 2 aromatic carbocycles. The topological polar surface area (TPSA) is 77.2 Å². The molecule has 0 bridgehead atoms. The summed E-state index contributed by atoms with van der Waals surface area (Å²) in [6, 6.07) is 18.9. The quantitative estimate of drug-likeness (QED) is 0.864. The average molecular weight is 321 g/mol. The SMILES string of the molecule is CCS(C)(=O)=O.Cc1ccccc1-c1ccccc1.NC=O. The highest BCUT2D eigenvalue weighted by molar-refractivity contribution is 7.90. The zero-order valence-electron chi connectivity index (χ0n) is 13.2. The molecule has 0 aromatic heterocycles. The first-order valence-electron chi connectivity index (χ1n) is 6.79. The molecule has 2 N–H and O–H groups in total. The van der Waals surface area contributed by atoms with Crippen LogP contribution >= 0.6 is 0 Å². The van der Waals surface area contributed by atoms with E-state index in [0.29, 0.717) is 0 Å². The number of aryl methyl sites for hydroxylation is 1. The highest BCUT2D eigenvalue weighted by Gasteiger charge is 1.97. The predicted octanol–water partition coefficient (Wildman–Crippen LogP) is 2.81. The first-order valence-corrected chi connectivity index (χ1v) is 8.85. The lowest BCUT2D eigenvalue weighted by molar-refractivity contribution is -0.106. The second-order valence-corrected chi connectivity index (χ2v) is 6.96. The van der Waals surface area contributed by atoms with Crippen LogP contribution in [-0.2, 0) is 14.6 Å². The molecule has 0 aliphatic rings. The van der Waals surface area contributed by atoms with Crippen LogP contribution in [0.25, 0.3) is 11.1 Å². The summed E-state index contributed by atoms with van der Waals surface area (Å²) in [5.74, 6) is 0.243. The molecule has 2 rings (SSSR count). The van der Waals surface area contributed by atoms with Crippen molar-refractivity contribution in [2.45, 2.75) is 13.8 Å². The van der Waals surface area contributed by atoms with E-state index in [0.717, 1.165) is 0 Å². The summed E-state index contributed by atoms with van der Waals surface area (Å²) in [6.45, 7) is 3.76. The van der Waals surface area contributed by atoms with Gasteiger partial charge in [-0.15, -0.1) is 0 Å². The first kappa shape index (κ1) is 19.9. The lowest BCUT2D eigenvalue weighted by Crippen LogP contribution is -1.96. The second-order valence-electron chi connectivity index (χ2n) is 4.53. The zero-order chi connectivity index (χ0) is 17.0. The van der Waals surface area contributed by atoms with Gasteiger partial charge in [-0.25, -0.2) is 8.42 Å². The Hall–Kier alpha value is -2.14. The fourth-order valence-electron chi connectivity index (χ4n) is 1.51. The van der Waals surface area contributed by atoms with Gasteiger partial charge in [0.25, 0.3) is 0 Å². The maximum Gasteiger partial charge on any atom is 0.204 e. The van der Waals surface area contributed by atoms with Crippen LogP contribution in [0.1, 0.15) is 12.5 Å². The zero-order valence-corrected chi connectivity index (χ0v) is 14.0. The van der Waals surface area contributed by atoms with Gasteiger partial charge in [0.05, 0.1) is 0 Å². The summed E-state index contributed by atoms with van der Waals surface area (Å²) in [5, 5.41) is 0. The number of carbonyl (C=O) groups is 1. The van der Waals surface area contributed by atoms with Gasteiger partial charge in [0, 0.05) is 12.0 Å². The van der Waals surface area contributed by atoms with E-state index in [1.807, 2.05) is 6.07 Å². The summed E-state index contributed by atoms with van der Waals surface area (Å²) in [4.78, 5) is 8.58. The maximum atomic E-state index is 10.0. The number of sulfone groups is 1. The molecule has 22 heavy (non-hydrogen) atoms.